The Hall–Kier alpha value is -1.55. The summed E-state index contributed by atoms with van der Waals surface area (Å²) in [6, 6.07) is 7.29. The Labute approximate surface area is 129 Å². The molecule has 1 atom stereocenters. The third-order valence-electron chi connectivity index (χ3n) is 4.64. The second-order valence-corrected chi connectivity index (χ2v) is 6.38. The summed E-state index contributed by atoms with van der Waals surface area (Å²) in [6.07, 6.45) is 3.45. The van der Waals surface area contributed by atoms with E-state index in [0.717, 1.165) is 31.2 Å². The second-order valence-electron chi connectivity index (χ2n) is 5.97. The molecule has 1 aromatic rings. The van der Waals surface area contributed by atoms with Crippen molar-refractivity contribution >= 4 is 23.4 Å². The number of nitrogens with zero attached hydrogens (tertiary/aromatic N) is 1. The number of amides is 2. The molecule has 1 aromatic carbocycles. The maximum Gasteiger partial charge on any atom is 0.249 e. The molecule has 2 fully saturated rings. The summed E-state index contributed by atoms with van der Waals surface area (Å²) >= 11 is 6.24. The van der Waals surface area contributed by atoms with Crippen molar-refractivity contribution in [1.82, 2.24) is 10.2 Å². The largest absolute Gasteiger partial charge is 0.340 e. The summed E-state index contributed by atoms with van der Waals surface area (Å²) in [5.41, 5.74) is 0.209. The van der Waals surface area contributed by atoms with Crippen molar-refractivity contribution in [3.63, 3.8) is 0 Å². The zero-order valence-electron chi connectivity index (χ0n) is 12.1. The summed E-state index contributed by atoms with van der Waals surface area (Å²) in [7, 11) is 0. The Morgan fingerprint density at radius 1 is 1.24 bits per heavy atom. The lowest BCUT2D eigenvalue weighted by Crippen LogP contribution is -2.65. The van der Waals surface area contributed by atoms with E-state index in [-0.39, 0.29) is 24.4 Å². The van der Waals surface area contributed by atoms with Gasteiger partial charge in [-0.1, -0.05) is 42.6 Å². The lowest BCUT2D eigenvalue weighted by Gasteiger charge is -2.42. The molecular weight excluding hydrogens is 288 g/mol. The lowest BCUT2D eigenvalue weighted by molar-refractivity contribution is -0.152. The van der Waals surface area contributed by atoms with Gasteiger partial charge in [-0.05, 0) is 31.4 Å². The average molecular weight is 307 g/mol. The summed E-state index contributed by atoms with van der Waals surface area (Å²) in [4.78, 5) is 26.6. The number of piperazine rings is 1. The van der Waals surface area contributed by atoms with Gasteiger partial charge in [0.15, 0.2) is 0 Å². The van der Waals surface area contributed by atoms with E-state index in [1.54, 1.807) is 4.90 Å². The van der Waals surface area contributed by atoms with Gasteiger partial charge in [-0.25, -0.2) is 0 Å². The normalized spacial score (nSPS) is 22.5. The predicted octanol–water partition coefficient (Wildman–Crippen LogP) is 2.67. The van der Waals surface area contributed by atoms with Crippen molar-refractivity contribution in [2.45, 2.75) is 44.2 Å². The minimum absolute atomic E-state index is 0.0343. The molecular formula is C16H19ClN2O2. The van der Waals surface area contributed by atoms with Crippen molar-refractivity contribution < 1.29 is 9.59 Å². The summed E-state index contributed by atoms with van der Waals surface area (Å²) in [6.45, 7) is 2.04. The molecule has 112 valence electrons. The molecule has 2 amide bonds. The third kappa shape index (κ3) is 2.42. The predicted molar refractivity (Wildman–Crippen MR) is 80.9 cm³/mol. The second kappa shape index (κ2) is 5.34. The number of carbonyl (C=O) groups is 2. The van der Waals surface area contributed by atoms with Crippen LogP contribution in [0.3, 0.4) is 0 Å². The molecule has 1 aliphatic heterocycles. The van der Waals surface area contributed by atoms with Gasteiger partial charge in [-0.3, -0.25) is 9.59 Å². The van der Waals surface area contributed by atoms with E-state index in [1.807, 2.05) is 31.2 Å². The monoisotopic (exact) mass is 306 g/mol. The first-order valence-corrected chi connectivity index (χ1v) is 7.78. The van der Waals surface area contributed by atoms with E-state index < -0.39 is 5.54 Å². The molecule has 1 unspecified atom stereocenters. The van der Waals surface area contributed by atoms with Gasteiger partial charge in [0.2, 0.25) is 11.8 Å². The molecule has 0 bridgehead atoms. The Balaban J connectivity index is 1.92. The fourth-order valence-electron chi connectivity index (χ4n) is 3.47. The van der Waals surface area contributed by atoms with Crippen LogP contribution in [0.1, 0.15) is 44.2 Å². The van der Waals surface area contributed by atoms with E-state index in [1.165, 1.54) is 0 Å². The molecule has 1 heterocycles. The highest BCUT2D eigenvalue weighted by Gasteiger charge is 2.49. The lowest BCUT2D eigenvalue weighted by atomic mass is 9.91. The van der Waals surface area contributed by atoms with Gasteiger partial charge in [0, 0.05) is 5.02 Å². The first kappa shape index (κ1) is 14.4. The molecule has 1 saturated heterocycles. The van der Waals surface area contributed by atoms with E-state index in [4.69, 9.17) is 11.6 Å². The number of hydrogen-bond acceptors (Lipinski definition) is 2. The minimum Gasteiger partial charge on any atom is -0.340 e. The van der Waals surface area contributed by atoms with Gasteiger partial charge in [0.1, 0.15) is 12.1 Å². The van der Waals surface area contributed by atoms with Gasteiger partial charge in [0.05, 0.1) is 6.04 Å². The first-order valence-electron chi connectivity index (χ1n) is 7.40. The van der Waals surface area contributed by atoms with Crippen LogP contribution >= 0.6 is 11.6 Å². The molecule has 0 aromatic heterocycles. The number of nitrogens with one attached hydrogen (secondary N) is 1. The fraction of sp³-hybridized carbons (Fsp3) is 0.500. The van der Waals surface area contributed by atoms with E-state index in [2.05, 4.69) is 5.32 Å². The van der Waals surface area contributed by atoms with Gasteiger partial charge in [-0.2, -0.15) is 0 Å². The summed E-state index contributed by atoms with van der Waals surface area (Å²) in [5, 5.41) is 3.56. The molecule has 5 heteroatoms. The van der Waals surface area contributed by atoms with Crippen LogP contribution in [0.15, 0.2) is 24.3 Å². The van der Waals surface area contributed by atoms with Crippen LogP contribution in [0.5, 0.6) is 0 Å². The number of rotatable bonds is 2. The average Bonchev–Trinajstić information content (AvgIpc) is 2.92. The zero-order valence-corrected chi connectivity index (χ0v) is 12.8. The maximum absolute atomic E-state index is 12.9. The summed E-state index contributed by atoms with van der Waals surface area (Å²) in [5.74, 6) is -0.0394. The molecule has 0 radical (unpaired) electrons. The maximum atomic E-state index is 12.9. The molecule has 1 aliphatic carbocycles. The van der Waals surface area contributed by atoms with Crippen LogP contribution in [0.2, 0.25) is 5.02 Å². The highest BCUT2D eigenvalue weighted by molar-refractivity contribution is 6.31. The fourth-order valence-corrected chi connectivity index (χ4v) is 3.77. The van der Waals surface area contributed by atoms with E-state index in [0.29, 0.717) is 5.02 Å². The van der Waals surface area contributed by atoms with E-state index in [9.17, 15) is 9.59 Å². The van der Waals surface area contributed by atoms with Gasteiger partial charge >= 0.3 is 0 Å². The molecule has 1 N–H and O–H groups in total. The third-order valence-corrected chi connectivity index (χ3v) is 4.99. The SMILES string of the molecule is CC(c1ccccc1Cl)N1CC(=O)NC2(CCCC2)C1=O. The van der Waals surface area contributed by atoms with Crippen molar-refractivity contribution in [1.29, 1.82) is 0 Å². The Kier molecular flexibility index (Phi) is 3.66. The number of halogens is 1. The zero-order chi connectivity index (χ0) is 15.0. The molecule has 1 saturated carbocycles. The van der Waals surface area contributed by atoms with Crippen molar-refractivity contribution in [2.75, 3.05) is 6.54 Å². The van der Waals surface area contributed by atoms with Crippen molar-refractivity contribution in [2.24, 2.45) is 0 Å². The van der Waals surface area contributed by atoms with Crippen LogP contribution in [-0.4, -0.2) is 28.8 Å². The summed E-state index contributed by atoms with van der Waals surface area (Å²) < 4.78 is 0. The molecule has 3 rings (SSSR count). The highest BCUT2D eigenvalue weighted by atomic mass is 35.5. The van der Waals surface area contributed by atoms with Crippen molar-refractivity contribution in [3.05, 3.63) is 34.9 Å². The van der Waals surface area contributed by atoms with E-state index >= 15 is 0 Å². The number of hydrogen-bond donors (Lipinski definition) is 1. The van der Waals surface area contributed by atoms with Gasteiger partial charge < -0.3 is 10.2 Å². The first-order chi connectivity index (χ1) is 10.0. The smallest absolute Gasteiger partial charge is 0.249 e. The highest BCUT2D eigenvalue weighted by Crippen LogP contribution is 2.37. The number of benzene rings is 1. The molecule has 2 aliphatic rings. The van der Waals surface area contributed by atoms with Crippen LogP contribution < -0.4 is 5.32 Å². The molecule has 21 heavy (non-hydrogen) atoms. The standard InChI is InChI=1S/C16H19ClN2O2/c1-11(12-6-2-3-7-13(12)17)19-10-14(20)18-16(15(19)21)8-4-5-9-16/h2-3,6-7,11H,4-5,8-10H2,1H3,(H,18,20). The van der Waals surface area contributed by atoms with Crippen LogP contribution in [-0.2, 0) is 9.59 Å². The number of carbonyl (C=O) groups excluding carboxylic acids is 2. The van der Waals surface area contributed by atoms with Crippen LogP contribution in [0, 0.1) is 0 Å². The Morgan fingerprint density at radius 2 is 1.90 bits per heavy atom. The van der Waals surface area contributed by atoms with Gasteiger partial charge in [0.25, 0.3) is 0 Å². The topological polar surface area (TPSA) is 49.4 Å². The Bertz CT molecular complexity index is 581. The quantitative estimate of drug-likeness (QED) is 0.913. The molecule has 4 nitrogen and oxygen atoms in total. The van der Waals surface area contributed by atoms with Crippen LogP contribution in [0.4, 0.5) is 0 Å². The van der Waals surface area contributed by atoms with Crippen LogP contribution in [0.25, 0.3) is 0 Å². The Morgan fingerprint density at radius 3 is 2.57 bits per heavy atom. The minimum atomic E-state index is -0.676. The van der Waals surface area contributed by atoms with Gasteiger partial charge in [-0.15, -0.1) is 0 Å². The van der Waals surface area contributed by atoms with Crippen molar-refractivity contribution in [3.8, 4) is 0 Å². The molecule has 1 spiro atoms.